The SMILES string of the molecule is CC(C)(C)n1nnnc1C(c1ccc2c(c1)OCO2)N1CCOCC1. The maximum Gasteiger partial charge on any atom is 0.231 e. The summed E-state index contributed by atoms with van der Waals surface area (Å²) >= 11 is 0. The first-order valence-electron chi connectivity index (χ1n) is 8.54. The average Bonchev–Trinajstić information content (AvgIpc) is 3.24. The number of tetrazole rings is 1. The van der Waals surface area contributed by atoms with Gasteiger partial charge in [0.2, 0.25) is 6.79 Å². The molecule has 1 saturated heterocycles. The highest BCUT2D eigenvalue weighted by Crippen LogP contribution is 2.38. The van der Waals surface area contributed by atoms with E-state index in [0.717, 1.165) is 36.0 Å². The lowest BCUT2D eigenvalue weighted by Gasteiger charge is -2.35. The molecule has 0 aliphatic carbocycles. The van der Waals surface area contributed by atoms with Crippen molar-refractivity contribution in [2.24, 2.45) is 0 Å². The van der Waals surface area contributed by atoms with E-state index in [0.29, 0.717) is 13.2 Å². The highest BCUT2D eigenvalue weighted by atomic mass is 16.7. The zero-order valence-corrected chi connectivity index (χ0v) is 14.8. The van der Waals surface area contributed by atoms with E-state index < -0.39 is 0 Å². The molecule has 1 aromatic carbocycles. The van der Waals surface area contributed by atoms with Crippen LogP contribution in [-0.2, 0) is 10.3 Å². The normalized spacial score (nSPS) is 19.2. The Morgan fingerprint density at radius 1 is 1.08 bits per heavy atom. The second-order valence-corrected chi connectivity index (χ2v) is 7.28. The number of fused-ring (bicyclic) bond motifs is 1. The van der Waals surface area contributed by atoms with E-state index in [2.05, 4.69) is 47.3 Å². The Bertz CT molecular complexity index is 749. The summed E-state index contributed by atoms with van der Waals surface area (Å²) in [5, 5.41) is 12.6. The number of aromatic nitrogens is 4. The number of rotatable bonds is 3. The molecule has 8 heteroatoms. The molecule has 0 amide bonds. The summed E-state index contributed by atoms with van der Waals surface area (Å²) in [7, 11) is 0. The van der Waals surface area contributed by atoms with Crippen molar-refractivity contribution in [2.45, 2.75) is 32.4 Å². The molecule has 0 saturated carbocycles. The lowest BCUT2D eigenvalue weighted by atomic mass is 10.0. The smallest absolute Gasteiger partial charge is 0.231 e. The second-order valence-electron chi connectivity index (χ2n) is 7.28. The molecule has 134 valence electrons. The molecule has 0 spiro atoms. The molecule has 1 fully saturated rings. The molecule has 1 aromatic heterocycles. The maximum absolute atomic E-state index is 5.57. The monoisotopic (exact) mass is 345 g/mol. The van der Waals surface area contributed by atoms with Crippen LogP contribution in [0.4, 0.5) is 0 Å². The standard InChI is InChI=1S/C17H23N5O3/c1-17(2,3)22-16(18-19-20-22)15(21-6-8-23-9-7-21)12-4-5-13-14(10-12)25-11-24-13/h4-5,10,15H,6-9,11H2,1-3H3. The molecule has 0 N–H and O–H groups in total. The van der Waals surface area contributed by atoms with Gasteiger partial charge in [-0.2, -0.15) is 0 Å². The molecule has 1 atom stereocenters. The number of hydrogen-bond donors (Lipinski definition) is 0. The Kier molecular flexibility index (Phi) is 4.09. The van der Waals surface area contributed by atoms with Crippen molar-refractivity contribution in [3.05, 3.63) is 29.6 Å². The summed E-state index contributed by atoms with van der Waals surface area (Å²) in [6.45, 7) is 9.64. The van der Waals surface area contributed by atoms with Crippen molar-refractivity contribution in [2.75, 3.05) is 33.1 Å². The van der Waals surface area contributed by atoms with Crippen LogP contribution in [0.15, 0.2) is 18.2 Å². The van der Waals surface area contributed by atoms with Crippen LogP contribution in [0.25, 0.3) is 0 Å². The molecule has 25 heavy (non-hydrogen) atoms. The second kappa shape index (κ2) is 6.27. The van der Waals surface area contributed by atoms with Gasteiger partial charge in [-0.3, -0.25) is 4.90 Å². The van der Waals surface area contributed by atoms with Gasteiger partial charge in [0.25, 0.3) is 0 Å². The number of benzene rings is 1. The third-order valence-electron chi connectivity index (χ3n) is 4.50. The van der Waals surface area contributed by atoms with Gasteiger partial charge >= 0.3 is 0 Å². The molecule has 4 rings (SSSR count). The third kappa shape index (κ3) is 3.07. The fraction of sp³-hybridized carbons (Fsp3) is 0.588. The lowest BCUT2D eigenvalue weighted by molar-refractivity contribution is 0.0208. The van der Waals surface area contributed by atoms with E-state index in [1.165, 1.54) is 0 Å². The minimum atomic E-state index is -0.209. The van der Waals surface area contributed by atoms with Crippen molar-refractivity contribution in [1.29, 1.82) is 0 Å². The van der Waals surface area contributed by atoms with Crippen LogP contribution in [0.5, 0.6) is 11.5 Å². The van der Waals surface area contributed by atoms with Crippen molar-refractivity contribution >= 4 is 0 Å². The van der Waals surface area contributed by atoms with Gasteiger partial charge in [0.05, 0.1) is 24.8 Å². The summed E-state index contributed by atoms with van der Waals surface area (Å²) in [4.78, 5) is 2.36. The first-order chi connectivity index (χ1) is 12.0. The minimum Gasteiger partial charge on any atom is -0.454 e. The zero-order chi connectivity index (χ0) is 17.4. The molecule has 1 unspecified atom stereocenters. The van der Waals surface area contributed by atoms with E-state index in [4.69, 9.17) is 14.2 Å². The van der Waals surface area contributed by atoms with E-state index in [1.54, 1.807) is 0 Å². The summed E-state index contributed by atoms with van der Waals surface area (Å²) in [6, 6.07) is 5.99. The Hall–Kier alpha value is -2.19. The number of ether oxygens (including phenoxy) is 3. The van der Waals surface area contributed by atoms with Gasteiger partial charge in [-0.15, -0.1) is 5.10 Å². The molecule has 0 bridgehead atoms. The van der Waals surface area contributed by atoms with Crippen LogP contribution in [-0.4, -0.2) is 58.2 Å². The molecule has 2 aliphatic heterocycles. The van der Waals surface area contributed by atoms with E-state index in [1.807, 2.05) is 16.8 Å². The van der Waals surface area contributed by atoms with Gasteiger partial charge in [0.15, 0.2) is 17.3 Å². The van der Waals surface area contributed by atoms with Crippen LogP contribution >= 0.6 is 0 Å². The predicted molar refractivity (Wildman–Crippen MR) is 89.6 cm³/mol. The first-order valence-corrected chi connectivity index (χ1v) is 8.54. The Balaban J connectivity index is 1.78. The third-order valence-corrected chi connectivity index (χ3v) is 4.50. The Morgan fingerprint density at radius 3 is 2.60 bits per heavy atom. The van der Waals surface area contributed by atoms with Gasteiger partial charge < -0.3 is 14.2 Å². The van der Waals surface area contributed by atoms with Gasteiger partial charge in [-0.1, -0.05) is 6.07 Å². The molecule has 3 heterocycles. The van der Waals surface area contributed by atoms with Crippen molar-refractivity contribution in [1.82, 2.24) is 25.1 Å². The predicted octanol–water partition coefficient (Wildman–Crippen LogP) is 1.58. The zero-order valence-electron chi connectivity index (χ0n) is 14.8. The van der Waals surface area contributed by atoms with Crippen LogP contribution < -0.4 is 9.47 Å². The molecule has 2 aromatic rings. The van der Waals surface area contributed by atoms with Crippen LogP contribution in [0.3, 0.4) is 0 Å². The number of morpholine rings is 1. The largest absolute Gasteiger partial charge is 0.454 e. The van der Waals surface area contributed by atoms with Gasteiger partial charge in [-0.05, 0) is 48.9 Å². The molecular weight excluding hydrogens is 322 g/mol. The van der Waals surface area contributed by atoms with Crippen molar-refractivity contribution < 1.29 is 14.2 Å². The Morgan fingerprint density at radius 2 is 1.84 bits per heavy atom. The first kappa shape index (κ1) is 16.3. The summed E-state index contributed by atoms with van der Waals surface area (Å²) in [5.74, 6) is 2.37. The quantitative estimate of drug-likeness (QED) is 0.836. The summed E-state index contributed by atoms with van der Waals surface area (Å²) in [6.07, 6.45) is 0. The molecule has 8 nitrogen and oxygen atoms in total. The summed E-state index contributed by atoms with van der Waals surface area (Å²) in [5.41, 5.74) is 0.881. The highest BCUT2D eigenvalue weighted by Gasteiger charge is 2.33. The molecular formula is C17H23N5O3. The topological polar surface area (TPSA) is 74.5 Å². The Labute approximate surface area is 146 Å². The number of nitrogens with zero attached hydrogens (tertiary/aromatic N) is 5. The van der Waals surface area contributed by atoms with Crippen LogP contribution in [0.2, 0.25) is 0 Å². The maximum atomic E-state index is 5.57. The van der Waals surface area contributed by atoms with Crippen LogP contribution in [0, 0.1) is 0 Å². The van der Waals surface area contributed by atoms with E-state index >= 15 is 0 Å². The van der Waals surface area contributed by atoms with Crippen molar-refractivity contribution in [3.8, 4) is 11.5 Å². The molecule has 0 radical (unpaired) electrons. The average molecular weight is 345 g/mol. The lowest BCUT2D eigenvalue weighted by Crippen LogP contribution is -2.41. The van der Waals surface area contributed by atoms with E-state index in [9.17, 15) is 0 Å². The fourth-order valence-electron chi connectivity index (χ4n) is 3.28. The fourth-order valence-corrected chi connectivity index (χ4v) is 3.28. The van der Waals surface area contributed by atoms with Crippen LogP contribution in [0.1, 0.15) is 38.2 Å². The van der Waals surface area contributed by atoms with Gasteiger partial charge in [0, 0.05) is 13.1 Å². The minimum absolute atomic E-state index is 0.0624. The highest BCUT2D eigenvalue weighted by molar-refractivity contribution is 5.46. The van der Waals surface area contributed by atoms with Crippen molar-refractivity contribution in [3.63, 3.8) is 0 Å². The molecule has 2 aliphatic rings. The number of hydrogen-bond acceptors (Lipinski definition) is 7. The van der Waals surface area contributed by atoms with Gasteiger partial charge in [0.1, 0.15) is 0 Å². The summed E-state index contributed by atoms with van der Waals surface area (Å²) < 4.78 is 18.4. The van der Waals surface area contributed by atoms with E-state index in [-0.39, 0.29) is 18.4 Å². The van der Waals surface area contributed by atoms with Gasteiger partial charge in [-0.25, -0.2) is 4.68 Å².